The molecular weight excluding hydrogens is 432 g/mol. The molecule has 0 fully saturated rings. The zero-order valence-electron chi connectivity index (χ0n) is 16.2. The number of ether oxygens (including phenoxy) is 3. The first-order chi connectivity index (χ1) is 14.4. The van der Waals surface area contributed by atoms with Crippen LogP contribution in [0.1, 0.15) is 5.56 Å². The van der Waals surface area contributed by atoms with Gasteiger partial charge < -0.3 is 23.7 Å². The minimum Gasteiger partial charge on any atom is -0.496 e. The molecule has 0 aliphatic heterocycles. The second kappa shape index (κ2) is 9.55. The van der Waals surface area contributed by atoms with Crippen molar-refractivity contribution >= 4 is 35.4 Å². The molecule has 0 spiro atoms. The fourth-order valence-corrected chi connectivity index (χ4v) is 3.37. The number of thioether (sulfide) groups is 1. The van der Waals surface area contributed by atoms with Crippen molar-refractivity contribution < 1.29 is 28.5 Å². The van der Waals surface area contributed by atoms with Crippen molar-refractivity contribution in [2.75, 3.05) is 21.3 Å². The van der Waals surface area contributed by atoms with Crippen molar-refractivity contribution in [3.8, 4) is 28.7 Å². The van der Waals surface area contributed by atoms with Crippen LogP contribution in [0.25, 0.3) is 17.5 Å². The summed E-state index contributed by atoms with van der Waals surface area (Å²) in [6.07, 6.45) is 1.47. The predicted octanol–water partition coefficient (Wildman–Crippen LogP) is 4.63. The molecule has 1 heterocycles. The van der Waals surface area contributed by atoms with Gasteiger partial charge in [0.1, 0.15) is 10.7 Å². The highest BCUT2D eigenvalue weighted by atomic mass is 35.5. The summed E-state index contributed by atoms with van der Waals surface area (Å²) in [4.78, 5) is 11.7. The van der Waals surface area contributed by atoms with Gasteiger partial charge in [0.15, 0.2) is 11.5 Å². The summed E-state index contributed by atoms with van der Waals surface area (Å²) < 4.78 is 21.3. The Morgan fingerprint density at radius 1 is 1.03 bits per heavy atom. The van der Waals surface area contributed by atoms with Gasteiger partial charge in [0, 0.05) is 5.02 Å². The lowest BCUT2D eigenvalue weighted by molar-refractivity contribution is -0.131. The van der Waals surface area contributed by atoms with Crippen LogP contribution in [0.5, 0.6) is 17.2 Å². The number of carbonyl (C=O) groups is 1. The van der Waals surface area contributed by atoms with E-state index in [1.165, 1.54) is 27.4 Å². The predicted molar refractivity (Wildman–Crippen MR) is 112 cm³/mol. The lowest BCUT2D eigenvalue weighted by Crippen LogP contribution is -1.97. The fraction of sp³-hybridized carbons (Fsp3) is 0.150. The van der Waals surface area contributed by atoms with Crippen molar-refractivity contribution in [3.63, 3.8) is 0 Å². The Morgan fingerprint density at radius 3 is 2.40 bits per heavy atom. The molecule has 0 saturated carbocycles. The normalized spacial score (nSPS) is 11.3. The number of halogens is 1. The quantitative estimate of drug-likeness (QED) is 0.390. The van der Waals surface area contributed by atoms with Crippen LogP contribution in [-0.2, 0) is 4.79 Å². The van der Waals surface area contributed by atoms with Crippen LogP contribution in [0.4, 0.5) is 0 Å². The number of benzene rings is 2. The van der Waals surface area contributed by atoms with Gasteiger partial charge in [-0.3, -0.25) is 0 Å². The molecule has 0 bridgehead atoms. The van der Waals surface area contributed by atoms with Gasteiger partial charge in [-0.2, -0.15) is 0 Å². The zero-order chi connectivity index (χ0) is 21.7. The third kappa shape index (κ3) is 4.87. The van der Waals surface area contributed by atoms with E-state index in [4.69, 9.17) is 30.2 Å². The van der Waals surface area contributed by atoms with Crippen molar-refractivity contribution in [2.24, 2.45) is 0 Å². The second-order valence-electron chi connectivity index (χ2n) is 5.75. The number of aliphatic carboxylic acids is 1. The van der Waals surface area contributed by atoms with Crippen molar-refractivity contribution in [1.82, 2.24) is 10.2 Å². The lowest BCUT2D eigenvalue weighted by atomic mass is 10.2. The van der Waals surface area contributed by atoms with Crippen molar-refractivity contribution in [1.29, 1.82) is 0 Å². The summed E-state index contributed by atoms with van der Waals surface area (Å²) in [7, 11) is 4.53. The van der Waals surface area contributed by atoms with E-state index in [0.29, 0.717) is 33.4 Å². The molecule has 0 unspecified atom stereocenters. The Hall–Kier alpha value is -3.17. The maximum atomic E-state index is 11.7. The molecule has 3 aromatic rings. The van der Waals surface area contributed by atoms with Crippen molar-refractivity contribution in [3.05, 3.63) is 51.9 Å². The average Bonchev–Trinajstić information content (AvgIpc) is 3.21. The van der Waals surface area contributed by atoms with Crippen LogP contribution >= 0.6 is 23.4 Å². The number of nitrogens with zero attached hydrogens (tertiary/aromatic N) is 2. The molecule has 1 aromatic heterocycles. The number of carboxylic acid groups (broad SMARTS) is 1. The van der Waals surface area contributed by atoms with E-state index in [1.807, 2.05) is 0 Å². The molecule has 8 nitrogen and oxygen atoms in total. The minimum absolute atomic E-state index is 0.0181. The van der Waals surface area contributed by atoms with Crippen LogP contribution in [0.3, 0.4) is 0 Å². The van der Waals surface area contributed by atoms with Gasteiger partial charge in [0.05, 0.1) is 26.9 Å². The maximum Gasteiger partial charge on any atom is 0.342 e. The van der Waals surface area contributed by atoms with Gasteiger partial charge in [0.2, 0.25) is 0 Å². The molecule has 3 rings (SSSR count). The molecule has 0 aliphatic carbocycles. The van der Waals surface area contributed by atoms with Gasteiger partial charge in [-0.15, -0.1) is 10.2 Å². The summed E-state index contributed by atoms with van der Waals surface area (Å²) >= 11 is 6.86. The number of rotatable bonds is 8. The summed E-state index contributed by atoms with van der Waals surface area (Å²) in [5.74, 6) is 0.534. The SMILES string of the molecule is COc1ccc(/C=C(\Sc2nnc(-c3cc(Cl)ccc3OC)o2)C(=O)O)cc1OC. The lowest BCUT2D eigenvalue weighted by Gasteiger charge is -2.08. The monoisotopic (exact) mass is 448 g/mol. The van der Waals surface area contributed by atoms with Crippen LogP contribution in [0.15, 0.2) is 50.9 Å². The van der Waals surface area contributed by atoms with Crippen LogP contribution < -0.4 is 14.2 Å². The Kier molecular flexibility index (Phi) is 6.86. The van der Waals surface area contributed by atoms with E-state index < -0.39 is 5.97 Å². The first-order valence-electron chi connectivity index (χ1n) is 8.47. The average molecular weight is 449 g/mol. The van der Waals surface area contributed by atoms with Crippen LogP contribution in [0.2, 0.25) is 5.02 Å². The van der Waals surface area contributed by atoms with E-state index in [1.54, 1.807) is 36.4 Å². The van der Waals surface area contributed by atoms with E-state index >= 15 is 0 Å². The van der Waals surface area contributed by atoms with Gasteiger partial charge in [0.25, 0.3) is 11.1 Å². The van der Waals surface area contributed by atoms with Crippen molar-refractivity contribution in [2.45, 2.75) is 5.22 Å². The molecule has 0 aliphatic rings. The molecule has 30 heavy (non-hydrogen) atoms. The second-order valence-corrected chi connectivity index (χ2v) is 7.18. The van der Waals surface area contributed by atoms with E-state index in [9.17, 15) is 9.90 Å². The molecule has 0 saturated heterocycles. The van der Waals surface area contributed by atoms with Gasteiger partial charge in [-0.05, 0) is 53.7 Å². The fourth-order valence-electron chi connectivity index (χ4n) is 2.53. The molecular formula is C20H17ClN2O6S. The molecule has 0 amide bonds. The van der Waals surface area contributed by atoms with Gasteiger partial charge >= 0.3 is 5.97 Å². The largest absolute Gasteiger partial charge is 0.496 e. The summed E-state index contributed by atoms with van der Waals surface area (Å²) in [6, 6.07) is 10.0. The number of aromatic nitrogens is 2. The first-order valence-corrected chi connectivity index (χ1v) is 9.67. The Labute approximate surface area is 181 Å². The van der Waals surface area contributed by atoms with E-state index in [2.05, 4.69) is 10.2 Å². The number of hydrogen-bond donors (Lipinski definition) is 1. The first kappa shape index (κ1) is 21.5. The summed E-state index contributed by atoms with van der Waals surface area (Å²) in [6.45, 7) is 0. The maximum absolute atomic E-state index is 11.7. The standard InChI is InChI=1S/C20H17ClN2O6S/c1-26-14-7-5-12(21)10-13(14)18-22-23-20(29-18)30-17(19(24)25)9-11-4-6-15(27-2)16(8-11)28-3/h4-10H,1-3H3,(H,24,25)/b17-9-. The third-order valence-electron chi connectivity index (χ3n) is 3.91. The summed E-state index contributed by atoms with van der Waals surface area (Å²) in [5.41, 5.74) is 1.11. The number of carboxylic acids is 1. The molecule has 10 heteroatoms. The highest BCUT2D eigenvalue weighted by molar-refractivity contribution is 8.03. The molecule has 2 aromatic carbocycles. The smallest absolute Gasteiger partial charge is 0.342 e. The van der Waals surface area contributed by atoms with Crippen LogP contribution in [-0.4, -0.2) is 42.6 Å². The topological polar surface area (TPSA) is 104 Å². The molecule has 0 radical (unpaired) electrons. The highest BCUT2D eigenvalue weighted by Crippen LogP contribution is 2.35. The highest BCUT2D eigenvalue weighted by Gasteiger charge is 2.18. The Bertz CT molecular complexity index is 1100. The molecule has 156 valence electrons. The minimum atomic E-state index is -1.14. The Balaban J connectivity index is 1.90. The van der Waals surface area contributed by atoms with E-state index in [-0.39, 0.29) is 16.0 Å². The molecule has 0 atom stereocenters. The number of methoxy groups -OCH3 is 3. The Morgan fingerprint density at radius 2 is 1.73 bits per heavy atom. The van der Waals surface area contributed by atoms with E-state index in [0.717, 1.165) is 11.8 Å². The number of hydrogen-bond acceptors (Lipinski definition) is 8. The summed E-state index contributed by atoms with van der Waals surface area (Å²) in [5, 5.41) is 18.0. The van der Waals surface area contributed by atoms with Gasteiger partial charge in [-0.1, -0.05) is 17.7 Å². The third-order valence-corrected chi connectivity index (χ3v) is 5.00. The van der Waals surface area contributed by atoms with Gasteiger partial charge in [-0.25, -0.2) is 4.79 Å². The zero-order valence-corrected chi connectivity index (χ0v) is 17.8. The molecule has 1 N–H and O–H groups in total. The van der Waals surface area contributed by atoms with Crippen LogP contribution in [0, 0.1) is 0 Å².